The van der Waals surface area contributed by atoms with Crippen molar-refractivity contribution in [2.45, 2.75) is 32.0 Å². The topological polar surface area (TPSA) is 92.6 Å². The Hall–Kier alpha value is -4.34. The van der Waals surface area contributed by atoms with Crippen LogP contribution in [0.4, 0.5) is 5.69 Å². The quantitative estimate of drug-likeness (QED) is 0.195. The molecule has 1 aliphatic rings. The van der Waals surface area contributed by atoms with Gasteiger partial charge in [-0.1, -0.05) is 17.7 Å². The molecule has 5 aromatic rings. The Labute approximate surface area is 249 Å². The van der Waals surface area contributed by atoms with Gasteiger partial charge in [-0.3, -0.25) is 0 Å². The summed E-state index contributed by atoms with van der Waals surface area (Å²) in [6.07, 6.45) is 8.73. The normalized spacial score (nSPS) is 15.0. The van der Waals surface area contributed by atoms with E-state index in [1.165, 1.54) is 0 Å². The Morgan fingerprint density at radius 3 is 2.57 bits per heavy atom. The van der Waals surface area contributed by atoms with E-state index in [-0.39, 0.29) is 6.23 Å². The number of ether oxygens (including phenoxy) is 4. The molecule has 0 bridgehead atoms. The van der Waals surface area contributed by atoms with Crippen molar-refractivity contribution in [2.75, 3.05) is 33.3 Å². The predicted molar refractivity (Wildman–Crippen MR) is 163 cm³/mol. The molecule has 42 heavy (non-hydrogen) atoms. The SMILES string of the molecule is COc1ccc(CNc2cnnc3cc(-c4cc(Cl)c(OC)cc4-c4cnn(C5CCCCO5)c4)ccc23)c(OC)c1. The monoisotopic (exact) mass is 585 g/mol. The molecule has 0 radical (unpaired) electrons. The molecule has 0 saturated carbocycles. The molecule has 2 aromatic heterocycles. The molecule has 0 aliphatic carbocycles. The van der Waals surface area contributed by atoms with Crippen molar-refractivity contribution in [3.05, 3.63) is 77.7 Å². The van der Waals surface area contributed by atoms with Crippen molar-refractivity contribution in [2.24, 2.45) is 0 Å². The van der Waals surface area contributed by atoms with Crippen molar-refractivity contribution >= 4 is 28.2 Å². The van der Waals surface area contributed by atoms with Gasteiger partial charge in [-0.2, -0.15) is 15.3 Å². The van der Waals surface area contributed by atoms with Gasteiger partial charge in [0.25, 0.3) is 0 Å². The number of hydrogen-bond acceptors (Lipinski definition) is 8. The van der Waals surface area contributed by atoms with Crippen LogP contribution in [0.15, 0.2) is 67.1 Å². The predicted octanol–water partition coefficient (Wildman–Crippen LogP) is 7.15. The van der Waals surface area contributed by atoms with Crippen LogP contribution < -0.4 is 19.5 Å². The van der Waals surface area contributed by atoms with Crippen LogP contribution in [0.5, 0.6) is 17.2 Å². The average molecular weight is 586 g/mol. The average Bonchev–Trinajstić information content (AvgIpc) is 3.54. The van der Waals surface area contributed by atoms with Gasteiger partial charge in [0.1, 0.15) is 23.5 Å². The van der Waals surface area contributed by atoms with E-state index in [1.54, 1.807) is 27.5 Å². The molecule has 9 nitrogen and oxygen atoms in total. The van der Waals surface area contributed by atoms with E-state index in [4.69, 9.17) is 30.5 Å². The maximum absolute atomic E-state index is 6.63. The molecule has 1 N–H and O–H groups in total. The fraction of sp³-hybridized carbons (Fsp3) is 0.281. The van der Waals surface area contributed by atoms with Crippen LogP contribution in [-0.2, 0) is 11.3 Å². The minimum Gasteiger partial charge on any atom is -0.497 e. The first-order chi connectivity index (χ1) is 20.6. The highest BCUT2D eigenvalue weighted by atomic mass is 35.5. The number of methoxy groups -OCH3 is 3. The summed E-state index contributed by atoms with van der Waals surface area (Å²) in [5, 5.41) is 18.3. The van der Waals surface area contributed by atoms with Crippen molar-refractivity contribution in [3.8, 4) is 39.5 Å². The first-order valence-electron chi connectivity index (χ1n) is 13.8. The van der Waals surface area contributed by atoms with E-state index in [0.29, 0.717) is 17.3 Å². The first-order valence-corrected chi connectivity index (χ1v) is 14.2. The van der Waals surface area contributed by atoms with E-state index in [2.05, 4.69) is 26.7 Å². The zero-order valence-corrected chi connectivity index (χ0v) is 24.5. The highest BCUT2D eigenvalue weighted by molar-refractivity contribution is 6.32. The first kappa shape index (κ1) is 27.8. The zero-order chi connectivity index (χ0) is 29.1. The second-order valence-electron chi connectivity index (χ2n) is 10.1. The van der Waals surface area contributed by atoms with Gasteiger partial charge in [-0.25, -0.2) is 4.68 Å². The summed E-state index contributed by atoms with van der Waals surface area (Å²) in [4.78, 5) is 0. The Balaban J connectivity index is 1.34. The smallest absolute Gasteiger partial charge is 0.150 e. The maximum Gasteiger partial charge on any atom is 0.150 e. The minimum atomic E-state index is -0.0510. The Morgan fingerprint density at radius 1 is 0.929 bits per heavy atom. The molecule has 1 saturated heterocycles. The molecule has 1 aliphatic heterocycles. The highest BCUT2D eigenvalue weighted by Gasteiger charge is 2.20. The van der Waals surface area contributed by atoms with Crippen LogP contribution in [0.25, 0.3) is 33.2 Å². The molecule has 6 rings (SSSR count). The van der Waals surface area contributed by atoms with Gasteiger partial charge < -0.3 is 24.3 Å². The number of aromatic nitrogens is 4. The van der Waals surface area contributed by atoms with E-state index < -0.39 is 0 Å². The van der Waals surface area contributed by atoms with Gasteiger partial charge in [0.15, 0.2) is 0 Å². The summed E-state index contributed by atoms with van der Waals surface area (Å²) < 4.78 is 24.3. The van der Waals surface area contributed by atoms with Gasteiger partial charge in [-0.05, 0) is 72.4 Å². The summed E-state index contributed by atoms with van der Waals surface area (Å²) in [7, 11) is 4.90. The lowest BCUT2D eigenvalue weighted by molar-refractivity contribution is -0.0394. The number of nitrogens with zero attached hydrogens (tertiary/aromatic N) is 4. The molecular weight excluding hydrogens is 554 g/mol. The zero-order valence-electron chi connectivity index (χ0n) is 23.8. The Kier molecular flexibility index (Phi) is 8.12. The third-order valence-corrected chi connectivity index (χ3v) is 7.87. The number of rotatable bonds is 9. The number of anilines is 1. The van der Waals surface area contributed by atoms with Crippen molar-refractivity contribution < 1.29 is 18.9 Å². The van der Waals surface area contributed by atoms with Gasteiger partial charge >= 0.3 is 0 Å². The van der Waals surface area contributed by atoms with E-state index >= 15 is 0 Å². The largest absolute Gasteiger partial charge is 0.497 e. The molecular formula is C32H32ClN5O4. The van der Waals surface area contributed by atoms with Crippen LogP contribution >= 0.6 is 11.6 Å². The molecule has 216 valence electrons. The molecule has 1 unspecified atom stereocenters. The summed E-state index contributed by atoms with van der Waals surface area (Å²) in [6, 6.07) is 15.8. The summed E-state index contributed by atoms with van der Waals surface area (Å²) in [5.74, 6) is 2.09. The third kappa shape index (κ3) is 5.57. The van der Waals surface area contributed by atoms with Gasteiger partial charge in [0.2, 0.25) is 0 Å². The summed E-state index contributed by atoms with van der Waals surface area (Å²) in [5.41, 5.74) is 6.41. The Bertz CT molecular complexity index is 1720. The van der Waals surface area contributed by atoms with Crippen LogP contribution in [-0.4, -0.2) is 47.9 Å². The van der Waals surface area contributed by atoms with Crippen molar-refractivity contribution in [3.63, 3.8) is 0 Å². The van der Waals surface area contributed by atoms with Crippen LogP contribution in [0.3, 0.4) is 0 Å². The molecule has 0 amide bonds. The van der Waals surface area contributed by atoms with Crippen LogP contribution in [0, 0.1) is 0 Å². The molecule has 3 heterocycles. The number of benzene rings is 3. The number of halogens is 1. The fourth-order valence-electron chi connectivity index (χ4n) is 5.31. The number of fused-ring (bicyclic) bond motifs is 1. The standard InChI is InChI=1S/C32H32ClN5O4/c1-39-23-9-7-21(30(13-23)40-2)16-34-29-18-35-37-28-12-20(8-10-24(28)29)25-14-27(33)31(41-3)15-26(25)22-17-36-38(19-22)32-6-4-5-11-42-32/h7-10,12-15,17-19,32H,4-6,11,16H2,1-3H3,(H,34,37). The molecule has 3 aromatic carbocycles. The molecule has 10 heteroatoms. The molecule has 0 spiro atoms. The third-order valence-electron chi connectivity index (χ3n) is 7.57. The minimum absolute atomic E-state index is 0.0510. The number of hydrogen-bond donors (Lipinski definition) is 1. The van der Waals surface area contributed by atoms with Gasteiger partial charge in [0.05, 0.1) is 49.9 Å². The van der Waals surface area contributed by atoms with Gasteiger partial charge in [0, 0.05) is 41.9 Å². The lowest BCUT2D eigenvalue weighted by atomic mass is 9.95. The molecule has 1 atom stereocenters. The second kappa shape index (κ2) is 12.3. The fourth-order valence-corrected chi connectivity index (χ4v) is 5.55. The highest BCUT2D eigenvalue weighted by Crippen LogP contribution is 2.41. The van der Waals surface area contributed by atoms with Gasteiger partial charge in [-0.15, -0.1) is 0 Å². The maximum atomic E-state index is 6.63. The molecule has 1 fully saturated rings. The van der Waals surface area contributed by atoms with E-state index in [1.807, 2.05) is 59.5 Å². The van der Waals surface area contributed by atoms with E-state index in [0.717, 1.165) is 81.8 Å². The summed E-state index contributed by atoms with van der Waals surface area (Å²) >= 11 is 6.63. The number of nitrogens with one attached hydrogen (secondary N) is 1. The lowest BCUT2D eigenvalue weighted by Gasteiger charge is -2.22. The van der Waals surface area contributed by atoms with E-state index in [9.17, 15) is 0 Å². The Morgan fingerprint density at radius 2 is 1.79 bits per heavy atom. The summed E-state index contributed by atoms with van der Waals surface area (Å²) in [6.45, 7) is 1.30. The van der Waals surface area contributed by atoms with Crippen LogP contribution in [0.1, 0.15) is 31.1 Å². The van der Waals surface area contributed by atoms with Crippen LogP contribution in [0.2, 0.25) is 5.02 Å². The van der Waals surface area contributed by atoms with Crippen molar-refractivity contribution in [1.82, 2.24) is 20.0 Å². The second-order valence-corrected chi connectivity index (χ2v) is 10.5. The lowest BCUT2D eigenvalue weighted by Crippen LogP contribution is -2.18. The van der Waals surface area contributed by atoms with Crippen molar-refractivity contribution in [1.29, 1.82) is 0 Å².